The van der Waals surface area contributed by atoms with Crippen LogP contribution in [0.5, 0.6) is 0 Å². The second-order valence-corrected chi connectivity index (χ2v) is 3.60. The Kier molecular flexibility index (Phi) is 3.64. The second-order valence-electron chi connectivity index (χ2n) is 3.60. The number of hydrogen-bond acceptors (Lipinski definition) is 5. The molecule has 0 aliphatic heterocycles. The second kappa shape index (κ2) is 5.38. The maximum Gasteiger partial charge on any atom is 0.287 e. The third-order valence-electron chi connectivity index (χ3n) is 2.18. The first kappa shape index (κ1) is 12.9. The summed E-state index contributed by atoms with van der Waals surface area (Å²) in [7, 11) is 0. The van der Waals surface area contributed by atoms with Crippen LogP contribution >= 0.6 is 0 Å². The fraction of sp³-hybridized carbons (Fsp3) is 0.200. The number of halogens is 2. The smallest absolute Gasteiger partial charge is 0.287 e. The van der Waals surface area contributed by atoms with Crippen molar-refractivity contribution in [3.63, 3.8) is 0 Å². The minimum absolute atomic E-state index is 0.131. The highest BCUT2D eigenvalue weighted by Crippen LogP contribution is 2.15. The maximum absolute atomic E-state index is 12.1. The van der Waals surface area contributed by atoms with Gasteiger partial charge in [0.25, 0.3) is 12.1 Å². The van der Waals surface area contributed by atoms with Crippen molar-refractivity contribution < 1.29 is 13.7 Å². The summed E-state index contributed by atoms with van der Waals surface area (Å²) in [6.07, 6.45) is 0.0171. The molecule has 0 saturated carbocycles. The average Bonchev–Trinajstić information content (AvgIpc) is 2.76. The van der Waals surface area contributed by atoms with Crippen LogP contribution in [-0.2, 0) is 6.54 Å². The number of nitrogens with zero attached hydrogens (tertiary/aromatic N) is 4. The van der Waals surface area contributed by atoms with Gasteiger partial charge in [-0.1, -0.05) is 0 Å². The molecule has 0 amide bonds. The molecule has 0 aromatic carbocycles. The summed E-state index contributed by atoms with van der Waals surface area (Å²) in [6, 6.07) is 4.20. The Morgan fingerprint density at radius 3 is 2.74 bits per heavy atom. The summed E-state index contributed by atoms with van der Waals surface area (Å²) in [5.74, 6) is 0.676. The van der Waals surface area contributed by atoms with Gasteiger partial charge in [0.2, 0.25) is 0 Å². The Hall–Kier alpha value is -2.58. The normalized spacial score (nSPS) is 10.7. The Morgan fingerprint density at radius 2 is 2.16 bits per heavy atom. The fourth-order valence-corrected chi connectivity index (χ4v) is 1.37. The zero-order valence-corrected chi connectivity index (χ0v) is 9.53. The minimum atomic E-state index is -2.48. The largest absolute Gasteiger partial charge is 0.323 e. The lowest BCUT2D eigenvalue weighted by Gasteiger charge is -2.01. The molecule has 2 rings (SSSR count). The predicted octanol–water partition coefficient (Wildman–Crippen LogP) is 2.19. The Bertz CT molecular complexity index is 570. The number of rotatable bonds is 5. The molecule has 0 aliphatic carbocycles. The van der Waals surface area contributed by atoms with Crippen molar-refractivity contribution in [2.24, 2.45) is 0 Å². The third-order valence-corrected chi connectivity index (χ3v) is 2.18. The first-order valence-electron chi connectivity index (χ1n) is 5.23. The van der Waals surface area contributed by atoms with Crippen LogP contribution in [0.1, 0.15) is 0 Å². The van der Waals surface area contributed by atoms with Crippen molar-refractivity contribution in [3.05, 3.63) is 40.7 Å². The van der Waals surface area contributed by atoms with Gasteiger partial charge in [0.15, 0.2) is 5.82 Å². The van der Waals surface area contributed by atoms with Crippen LogP contribution < -0.4 is 5.32 Å². The molecule has 0 radical (unpaired) electrons. The molecule has 100 valence electrons. The number of aromatic nitrogens is 3. The van der Waals surface area contributed by atoms with Crippen molar-refractivity contribution in [2.75, 3.05) is 5.32 Å². The van der Waals surface area contributed by atoms with Gasteiger partial charge in [0.1, 0.15) is 18.6 Å². The van der Waals surface area contributed by atoms with Crippen molar-refractivity contribution in [2.45, 2.75) is 13.0 Å². The molecule has 2 aromatic heterocycles. The minimum Gasteiger partial charge on any atom is -0.323 e. The van der Waals surface area contributed by atoms with Gasteiger partial charge in [-0.3, -0.25) is 14.8 Å². The first-order valence-corrected chi connectivity index (χ1v) is 5.23. The number of nitro groups is 1. The van der Waals surface area contributed by atoms with Crippen molar-refractivity contribution in [3.8, 4) is 0 Å². The number of anilines is 2. The highest BCUT2D eigenvalue weighted by molar-refractivity contribution is 5.52. The average molecular weight is 269 g/mol. The molecule has 7 nitrogen and oxygen atoms in total. The van der Waals surface area contributed by atoms with E-state index in [0.29, 0.717) is 11.6 Å². The lowest BCUT2D eigenvalue weighted by molar-refractivity contribution is -0.385. The summed E-state index contributed by atoms with van der Waals surface area (Å²) < 4.78 is 25.3. The molecule has 19 heavy (non-hydrogen) atoms. The van der Waals surface area contributed by atoms with E-state index < -0.39 is 17.9 Å². The summed E-state index contributed by atoms with van der Waals surface area (Å²) in [5, 5.41) is 17.0. The van der Waals surface area contributed by atoms with Crippen LogP contribution in [0.3, 0.4) is 0 Å². The molecule has 0 fully saturated rings. The molecule has 0 bridgehead atoms. The number of nitrogens with one attached hydrogen (secondary N) is 1. The van der Waals surface area contributed by atoms with Gasteiger partial charge in [-0.05, 0) is 6.07 Å². The Balaban J connectivity index is 2.04. The molecule has 0 atom stereocenters. The summed E-state index contributed by atoms with van der Waals surface area (Å²) >= 11 is 0. The molecule has 1 N–H and O–H groups in total. The van der Waals surface area contributed by atoms with Gasteiger partial charge in [0, 0.05) is 18.3 Å². The molecule has 2 aromatic rings. The number of pyridine rings is 1. The highest BCUT2D eigenvalue weighted by Gasteiger charge is 2.08. The van der Waals surface area contributed by atoms with Crippen LogP contribution in [0.15, 0.2) is 30.6 Å². The molecule has 2 heterocycles. The molecular weight excluding hydrogens is 260 g/mol. The standard InChI is InChI=1S/C10H9F2N5O2/c11-8(12)6-16-4-3-10(15-16)14-9-2-1-7(5-13-9)17(18)19/h1-5,8H,6H2,(H,13,14,15). The van der Waals surface area contributed by atoms with E-state index >= 15 is 0 Å². The monoisotopic (exact) mass is 269 g/mol. The van der Waals surface area contributed by atoms with E-state index in [1.165, 1.54) is 24.4 Å². The highest BCUT2D eigenvalue weighted by atomic mass is 19.3. The zero-order valence-electron chi connectivity index (χ0n) is 9.53. The van der Waals surface area contributed by atoms with E-state index in [1.807, 2.05) is 0 Å². The fourth-order valence-electron chi connectivity index (χ4n) is 1.37. The summed E-state index contributed by atoms with van der Waals surface area (Å²) in [6.45, 7) is -0.491. The topological polar surface area (TPSA) is 85.9 Å². The quantitative estimate of drug-likeness (QED) is 0.664. The van der Waals surface area contributed by atoms with Gasteiger partial charge < -0.3 is 5.32 Å². The van der Waals surface area contributed by atoms with Crippen LogP contribution in [0.2, 0.25) is 0 Å². The number of alkyl halides is 2. The van der Waals surface area contributed by atoms with E-state index in [0.717, 1.165) is 10.9 Å². The van der Waals surface area contributed by atoms with Gasteiger partial charge in [-0.2, -0.15) is 5.10 Å². The van der Waals surface area contributed by atoms with Gasteiger partial charge >= 0.3 is 0 Å². The van der Waals surface area contributed by atoms with Crippen LogP contribution in [-0.4, -0.2) is 26.1 Å². The molecule has 0 unspecified atom stereocenters. The van der Waals surface area contributed by atoms with Crippen LogP contribution in [0.25, 0.3) is 0 Å². The Labute approximate surface area is 106 Å². The van der Waals surface area contributed by atoms with E-state index in [-0.39, 0.29) is 5.69 Å². The first-order chi connectivity index (χ1) is 9.04. The van der Waals surface area contributed by atoms with E-state index in [9.17, 15) is 18.9 Å². The van der Waals surface area contributed by atoms with Gasteiger partial charge in [-0.15, -0.1) is 0 Å². The SMILES string of the molecule is O=[N+]([O-])c1ccc(Nc2ccn(CC(F)F)n2)nc1. The maximum atomic E-state index is 12.1. The Morgan fingerprint density at radius 1 is 1.37 bits per heavy atom. The number of hydrogen-bond donors (Lipinski definition) is 1. The van der Waals surface area contributed by atoms with Crippen molar-refractivity contribution >= 4 is 17.3 Å². The third kappa shape index (κ3) is 3.44. The zero-order chi connectivity index (χ0) is 13.8. The molecular formula is C10H9F2N5O2. The van der Waals surface area contributed by atoms with Gasteiger partial charge in [-0.25, -0.2) is 13.8 Å². The van der Waals surface area contributed by atoms with Crippen LogP contribution in [0, 0.1) is 10.1 Å². The van der Waals surface area contributed by atoms with Crippen molar-refractivity contribution in [1.29, 1.82) is 0 Å². The summed E-state index contributed by atoms with van der Waals surface area (Å²) in [5.41, 5.74) is -0.131. The van der Waals surface area contributed by atoms with Crippen LogP contribution in [0.4, 0.5) is 26.1 Å². The lowest BCUT2D eigenvalue weighted by atomic mass is 10.4. The van der Waals surface area contributed by atoms with E-state index in [2.05, 4.69) is 15.4 Å². The molecule has 0 aliphatic rings. The van der Waals surface area contributed by atoms with E-state index in [4.69, 9.17) is 0 Å². The van der Waals surface area contributed by atoms with E-state index in [1.54, 1.807) is 0 Å². The van der Waals surface area contributed by atoms with Crippen molar-refractivity contribution in [1.82, 2.24) is 14.8 Å². The summed E-state index contributed by atoms with van der Waals surface area (Å²) in [4.78, 5) is 13.7. The predicted molar refractivity (Wildman–Crippen MR) is 62.4 cm³/mol. The molecule has 0 spiro atoms. The van der Waals surface area contributed by atoms with Gasteiger partial charge in [0.05, 0.1) is 4.92 Å². The molecule has 9 heteroatoms. The lowest BCUT2D eigenvalue weighted by Crippen LogP contribution is -2.07. The molecule has 0 saturated heterocycles.